The number of Topliss-reactive ketones (excluding diaryl/α,β-unsaturated/α-hetero) is 2. The van der Waals surface area contributed by atoms with Crippen LogP contribution in [-0.4, -0.2) is 126 Å². The van der Waals surface area contributed by atoms with Crippen LogP contribution in [0.25, 0.3) is 10.9 Å². The minimum atomic E-state index is -2.54. The Morgan fingerprint density at radius 2 is 1.60 bits per heavy atom. The van der Waals surface area contributed by atoms with E-state index in [1.54, 1.807) is 14.0 Å². The van der Waals surface area contributed by atoms with E-state index in [-0.39, 0.29) is 62.1 Å². The van der Waals surface area contributed by atoms with E-state index in [9.17, 15) is 29.4 Å². The van der Waals surface area contributed by atoms with Gasteiger partial charge < -0.3 is 48.1 Å². The lowest BCUT2D eigenvalue weighted by Gasteiger charge is -2.47. The highest BCUT2D eigenvalue weighted by molar-refractivity contribution is 6.39. The Balaban J connectivity index is 1.28. The fourth-order valence-corrected chi connectivity index (χ4v) is 11.3. The van der Waals surface area contributed by atoms with Crippen molar-refractivity contribution < 1.29 is 57.8 Å². The molecule has 3 fully saturated rings. The zero-order chi connectivity index (χ0) is 49.4. The standard InChI is InChI=1S/C54H80N2O12/c1-11-23-55-25-22-39-31-40(18-19-41(39)55)66-44-21-17-37(30-45(44)63-8)26-35(6)49-32(3)16-20-43(57)38(12-2)27-33(4)48(58)34(5)28-46(64-9)50-47(65-10)29-36(7)54(62,68-50)51(59)52(60)56-24-14-13-15-42(56)53(61)67-49/h18-19,22,25-27,31-32,34,36-38,42,44-50,58,62H,11-17,20-21,23-24,28-30H2,1-10H3. The number of fused-ring (bicyclic) bond motifs is 4. The first-order valence-electron chi connectivity index (χ1n) is 25.4. The van der Waals surface area contributed by atoms with E-state index in [1.807, 2.05) is 46.8 Å². The topological polar surface area (TPSA) is 172 Å². The number of ether oxygens (including phenoxy) is 6. The quantitative estimate of drug-likeness (QED) is 0.134. The van der Waals surface area contributed by atoms with Crippen molar-refractivity contribution in [2.75, 3.05) is 27.9 Å². The predicted molar refractivity (Wildman–Crippen MR) is 259 cm³/mol. The van der Waals surface area contributed by atoms with Gasteiger partial charge in [0.15, 0.2) is 0 Å². The second-order valence-electron chi connectivity index (χ2n) is 20.4. The van der Waals surface area contributed by atoms with E-state index in [0.717, 1.165) is 42.5 Å². The number of aliphatic hydroxyl groups is 2. The Hall–Kier alpha value is -3.92. The van der Waals surface area contributed by atoms with E-state index in [0.29, 0.717) is 37.7 Å². The number of esters is 1. The van der Waals surface area contributed by atoms with Gasteiger partial charge in [0.1, 0.15) is 35.9 Å². The molecule has 1 aliphatic carbocycles. The number of carbonyl (C=O) groups is 4. The molecule has 2 saturated heterocycles. The van der Waals surface area contributed by atoms with Crippen molar-refractivity contribution in [1.82, 2.24) is 9.47 Å². The van der Waals surface area contributed by atoms with E-state index in [1.165, 1.54) is 24.6 Å². The summed E-state index contributed by atoms with van der Waals surface area (Å²) >= 11 is 0. The Morgan fingerprint density at radius 1 is 0.882 bits per heavy atom. The SMILES string of the molecule is CCCn1ccc2cc(OC3CCC(C=C(C)C4OC(=O)C5CCCCN5C(=O)C(=O)C5(O)OC(C(OC)CC(C)C(O)C(C)=CC(CC)C(=O)CCC4C)C(OC)CC5C)CC3OC)ccc21. The monoisotopic (exact) mass is 949 g/mol. The summed E-state index contributed by atoms with van der Waals surface area (Å²) in [5.74, 6) is -6.44. The third-order valence-electron chi connectivity index (χ3n) is 15.5. The summed E-state index contributed by atoms with van der Waals surface area (Å²) in [5, 5.41) is 24.9. The third kappa shape index (κ3) is 12.0. The molecule has 14 nitrogen and oxygen atoms in total. The molecule has 1 aromatic carbocycles. The van der Waals surface area contributed by atoms with Gasteiger partial charge in [-0.15, -0.1) is 0 Å². The van der Waals surface area contributed by atoms with Crippen LogP contribution < -0.4 is 4.74 Å². The number of hydrogen-bond acceptors (Lipinski definition) is 12. The maximum absolute atomic E-state index is 14.6. The van der Waals surface area contributed by atoms with Crippen LogP contribution in [0.15, 0.2) is 53.8 Å². The van der Waals surface area contributed by atoms with Crippen LogP contribution in [0.4, 0.5) is 0 Å². The molecule has 0 spiro atoms. The molecular weight excluding hydrogens is 869 g/mol. The summed E-state index contributed by atoms with van der Waals surface area (Å²) in [7, 11) is 4.71. The largest absolute Gasteiger partial charge is 0.488 e. The smallest absolute Gasteiger partial charge is 0.329 e. The first-order chi connectivity index (χ1) is 32.5. The number of aliphatic hydroxyl groups excluding tert-OH is 1. The van der Waals surface area contributed by atoms with Crippen LogP contribution in [0, 0.1) is 29.6 Å². The molecule has 4 heterocycles. The van der Waals surface area contributed by atoms with Crippen molar-refractivity contribution in [3.8, 4) is 5.75 Å². The lowest BCUT2D eigenvalue weighted by molar-refractivity contribution is -0.302. The number of aromatic nitrogens is 1. The number of cyclic esters (lactones) is 1. The molecule has 14 atom stereocenters. The molecule has 14 heteroatoms. The van der Waals surface area contributed by atoms with Gasteiger partial charge in [0.05, 0.1) is 24.4 Å². The summed E-state index contributed by atoms with van der Waals surface area (Å²) < 4.78 is 39.4. The molecule has 68 heavy (non-hydrogen) atoms. The molecule has 1 saturated carbocycles. The Kier molecular flexibility index (Phi) is 18.7. The van der Waals surface area contributed by atoms with Crippen LogP contribution in [-0.2, 0) is 49.4 Å². The molecule has 2 bridgehead atoms. The highest BCUT2D eigenvalue weighted by atomic mass is 16.7. The fourth-order valence-electron chi connectivity index (χ4n) is 11.3. The van der Waals surface area contributed by atoms with E-state index >= 15 is 0 Å². The fraction of sp³-hybridized carbons (Fsp3) is 0.704. The highest BCUT2D eigenvalue weighted by Gasteiger charge is 2.56. The van der Waals surface area contributed by atoms with E-state index < -0.39 is 77.8 Å². The molecule has 1 amide bonds. The molecule has 1 aromatic heterocycles. The number of allylic oxidation sites excluding steroid dienone is 2. The average Bonchev–Trinajstić information content (AvgIpc) is 3.74. The zero-order valence-corrected chi connectivity index (χ0v) is 42.3. The summed E-state index contributed by atoms with van der Waals surface area (Å²) in [6, 6.07) is 7.26. The highest BCUT2D eigenvalue weighted by Crippen LogP contribution is 2.40. The number of ketones is 2. The van der Waals surface area contributed by atoms with Crippen molar-refractivity contribution >= 4 is 34.3 Å². The van der Waals surface area contributed by atoms with Crippen molar-refractivity contribution in [3.63, 3.8) is 0 Å². The van der Waals surface area contributed by atoms with Crippen molar-refractivity contribution in [1.29, 1.82) is 0 Å². The van der Waals surface area contributed by atoms with E-state index in [2.05, 4.69) is 42.0 Å². The predicted octanol–water partition coefficient (Wildman–Crippen LogP) is 7.92. The number of carbonyl (C=O) groups excluding carboxylic acids is 4. The second-order valence-corrected chi connectivity index (χ2v) is 20.4. The molecule has 14 unspecified atom stereocenters. The summed E-state index contributed by atoms with van der Waals surface area (Å²) in [4.78, 5) is 58.6. The number of nitrogens with zero attached hydrogens (tertiary/aromatic N) is 2. The van der Waals surface area contributed by atoms with Crippen LogP contribution >= 0.6 is 0 Å². The van der Waals surface area contributed by atoms with E-state index in [4.69, 9.17) is 28.4 Å². The van der Waals surface area contributed by atoms with Crippen molar-refractivity contribution in [3.05, 3.63) is 53.8 Å². The summed E-state index contributed by atoms with van der Waals surface area (Å²) in [6.07, 6.45) is 8.12. The van der Waals surface area contributed by atoms with Gasteiger partial charge in [-0.2, -0.15) is 0 Å². The Bertz CT molecular complexity index is 2110. The minimum absolute atomic E-state index is 0.0272. The van der Waals surface area contributed by atoms with Crippen LogP contribution in [0.5, 0.6) is 5.75 Å². The lowest BCUT2D eigenvalue weighted by Crippen LogP contribution is -2.64. The van der Waals surface area contributed by atoms with Gasteiger partial charge in [0.2, 0.25) is 5.79 Å². The van der Waals surface area contributed by atoms with Crippen LogP contribution in [0.2, 0.25) is 0 Å². The molecule has 6 rings (SSSR count). The molecule has 378 valence electrons. The second kappa shape index (κ2) is 23.8. The zero-order valence-electron chi connectivity index (χ0n) is 42.3. The average molecular weight is 949 g/mol. The van der Waals surface area contributed by atoms with Gasteiger partial charge in [-0.3, -0.25) is 14.4 Å². The van der Waals surface area contributed by atoms with Gasteiger partial charge in [-0.25, -0.2) is 4.79 Å². The first-order valence-corrected chi connectivity index (χ1v) is 25.4. The number of methoxy groups -OCH3 is 3. The molecule has 2 N–H and O–H groups in total. The minimum Gasteiger partial charge on any atom is -0.488 e. The molecule has 0 radical (unpaired) electrons. The number of aryl methyl sites for hydroxylation is 1. The van der Waals surface area contributed by atoms with Gasteiger partial charge in [-0.1, -0.05) is 46.8 Å². The van der Waals surface area contributed by atoms with Gasteiger partial charge >= 0.3 is 5.97 Å². The molecule has 4 aliphatic rings. The number of rotatable bonds is 10. The van der Waals surface area contributed by atoms with Crippen molar-refractivity contribution in [2.24, 2.45) is 29.6 Å². The van der Waals surface area contributed by atoms with Crippen LogP contribution in [0.3, 0.4) is 0 Å². The van der Waals surface area contributed by atoms with Crippen molar-refractivity contribution in [2.45, 2.75) is 187 Å². The first kappa shape index (κ1) is 53.4. The molecule has 2 aromatic rings. The van der Waals surface area contributed by atoms with Crippen LogP contribution in [0.1, 0.15) is 126 Å². The Morgan fingerprint density at radius 3 is 2.29 bits per heavy atom. The molecule has 3 aliphatic heterocycles. The third-order valence-corrected chi connectivity index (χ3v) is 15.5. The number of piperidine rings is 1. The maximum Gasteiger partial charge on any atom is 0.329 e. The number of amides is 1. The summed E-state index contributed by atoms with van der Waals surface area (Å²) in [5.41, 5.74) is 2.65. The van der Waals surface area contributed by atoms with Gasteiger partial charge in [-0.05, 0) is 138 Å². The summed E-state index contributed by atoms with van der Waals surface area (Å²) in [6.45, 7) is 14.4. The normalized spacial score (nSPS) is 35.6. The molecular formula is C54H80N2O12. The van der Waals surface area contributed by atoms with Gasteiger partial charge in [0, 0.05) is 69.8 Å². The van der Waals surface area contributed by atoms with Gasteiger partial charge in [0.25, 0.3) is 11.7 Å². The Labute approximate surface area is 404 Å². The number of benzene rings is 1. The maximum atomic E-state index is 14.6. The lowest BCUT2D eigenvalue weighted by atomic mass is 9.81. The number of hydrogen-bond donors (Lipinski definition) is 2.